The lowest BCUT2D eigenvalue weighted by Gasteiger charge is -2.41. The van der Waals surface area contributed by atoms with Gasteiger partial charge in [-0.05, 0) is 12.8 Å². The highest BCUT2D eigenvalue weighted by Gasteiger charge is 2.50. The molecule has 1 heterocycles. The molecular weight excluding hydrogens is 283 g/mol. The SMILES string of the molecule is COC1CC(=N)N(C(=N)C2CCCCC2)CC1C(F)(F)F. The quantitative estimate of drug-likeness (QED) is 0.606. The molecule has 0 spiro atoms. The van der Waals surface area contributed by atoms with E-state index in [0.29, 0.717) is 0 Å². The fourth-order valence-electron chi connectivity index (χ4n) is 3.27. The second-order valence-corrected chi connectivity index (χ2v) is 5.90. The predicted octanol–water partition coefficient (Wildman–Crippen LogP) is 3.42. The Balaban J connectivity index is 2.12. The Labute approximate surface area is 122 Å². The van der Waals surface area contributed by atoms with Crippen molar-refractivity contribution in [3.05, 3.63) is 0 Å². The maximum absolute atomic E-state index is 13.1. The van der Waals surface area contributed by atoms with Crippen molar-refractivity contribution in [2.75, 3.05) is 13.7 Å². The number of rotatable bonds is 2. The molecule has 1 saturated carbocycles. The minimum absolute atomic E-state index is 0.00733. The first-order valence-electron chi connectivity index (χ1n) is 7.37. The van der Waals surface area contributed by atoms with E-state index in [-0.39, 0.29) is 30.6 Å². The molecule has 120 valence electrons. The maximum Gasteiger partial charge on any atom is 0.396 e. The van der Waals surface area contributed by atoms with Crippen molar-refractivity contribution in [1.29, 1.82) is 10.8 Å². The van der Waals surface area contributed by atoms with Crippen LogP contribution in [0.4, 0.5) is 13.2 Å². The van der Waals surface area contributed by atoms with Gasteiger partial charge in [0.15, 0.2) is 0 Å². The molecule has 0 amide bonds. The van der Waals surface area contributed by atoms with Gasteiger partial charge in [0.1, 0.15) is 11.7 Å². The Morgan fingerprint density at radius 1 is 1.24 bits per heavy atom. The molecule has 0 aromatic heterocycles. The van der Waals surface area contributed by atoms with E-state index in [1.54, 1.807) is 0 Å². The standard InChI is InChI=1S/C14H22F3N3O/c1-21-11-7-12(18)20(8-10(11)14(15,16)17)13(19)9-5-3-2-4-6-9/h9-11,18-19H,2-8H2,1H3. The molecule has 1 saturated heterocycles. The monoisotopic (exact) mass is 305 g/mol. The summed E-state index contributed by atoms with van der Waals surface area (Å²) in [5.41, 5.74) is 0. The third-order valence-corrected chi connectivity index (χ3v) is 4.55. The number of likely N-dealkylation sites (tertiary alicyclic amines) is 1. The van der Waals surface area contributed by atoms with Crippen molar-refractivity contribution in [1.82, 2.24) is 4.90 Å². The lowest BCUT2D eigenvalue weighted by molar-refractivity contribution is -0.207. The van der Waals surface area contributed by atoms with Crippen molar-refractivity contribution < 1.29 is 17.9 Å². The third-order valence-electron chi connectivity index (χ3n) is 4.55. The van der Waals surface area contributed by atoms with Crippen LogP contribution < -0.4 is 0 Å². The first kappa shape index (κ1) is 16.3. The summed E-state index contributed by atoms with van der Waals surface area (Å²) < 4.78 is 44.3. The minimum Gasteiger partial charge on any atom is -0.380 e. The molecular formula is C14H22F3N3O. The summed E-state index contributed by atoms with van der Waals surface area (Å²) in [6, 6.07) is 0. The average molecular weight is 305 g/mol. The minimum atomic E-state index is -4.37. The van der Waals surface area contributed by atoms with Crippen molar-refractivity contribution in [2.45, 2.75) is 50.8 Å². The van der Waals surface area contributed by atoms with Crippen LogP contribution in [0.1, 0.15) is 38.5 Å². The van der Waals surface area contributed by atoms with Crippen LogP contribution in [-0.4, -0.2) is 42.5 Å². The Kier molecular flexibility index (Phi) is 4.91. The van der Waals surface area contributed by atoms with Gasteiger partial charge in [0.2, 0.25) is 0 Å². The molecule has 0 aromatic rings. The van der Waals surface area contributed by atoms with Crippen LogP contribution in [0, 0.1) is 22.7 Å². The van der Waals surface area contributed by atoms with Gasteiger partial charge >= 0.3 is 6.18 Å². The van der Waals surface area contributed by atoms with Crippen molar-refractivity contribution in [3.8, 4) is 0 Å². The number of piperidine rings is 1. The van der Waals surface area contributed by atoms with E-state index < -0.39 is 18.2 Å². The van der Waals surface area contributed by atoms with Gasteiger partial charge in [-0.2, -0.15) is 13.2 Å². The molecule has 4 nitrogen and oxygen atoms in total. The number of alkyl halides is 3. The highest BCUT2D eigenvalue weighted by atomic mass is 19.4. The van der Waals surface area contributed by atoms with Crippen molar-refractivity contribution in [3.63, 3.8) is 0 Å². The zero-order valence-corrected chi connectivity index (χ0v) is 12.2. The van der Waals surface area contributed by atoms with Crippen LogP contribution in [-0.2, 0) is 4.74 Å². The largest absolute Gasteiger partial charge is 0.396 e. The van der Waals surface area contributed by atoms with Crippen LogP contribution in [0.3, 0.4) is 0 Å². The lowest BCUT2D eigenvalue weighted by atomic mass is 9.86. The normalized spacial score (nSPS) is 28.8. The van der Waals surface area contributed by atoms with Gasteiger partial charge in [-0.1, -0.05) is 19.3 Å². The van der Waals surface area contributed by atoms with Crippen molar-refractivity contribution in [2.24, 2.45) is 11.8 Å². The lowest BCUT2D eigenvalue weighted by Crippen LogP contribution is -2.55. The van der Waals surface area contributed by atoms with Crippen LogP contribution in [0.15, 0.2) is 0 Å². The summed E-state index contributed by atoms with van der Waals surface area (Å²) in [5, 5.41) is 16.2. The zero-order valence-electron chi connectivity index (χ0n) is 12.2. The Morgan fingerprint density at radius 3 is 2.38 bits per heavy atom. The molecule has 0 aromatic carbocycles. The maximum atomic E-state index is 13.1. The zero-order chi connectivity index (χ0) is 15.6. The van der Waals surface area contributed by atoms with E-state index in [4.69, 9.17) is 15.6 Å². The van der Waals surface area contributed by atoms with Gasteiger partial charge in [-0.25, -0.2) is 0 Å². The summed E-state index contributed by atoms with van der Waals surface area (Å²) in [4.78, 5) is 1.25. The predicted molar refractivity (Wildman–Crippen MR) is 73.7 cm³/mol. The average Bonchev–Trinajstić information content (AvgIpc) is 2.45. The first-order chi connectivity index (χ1) is 9.84. The highest BCUT2D eigenvalue weighted by molar-refractivity contribution is 5.99. The molecule has 0 radical (unpaired) electrons. The number of methoxy groups -OCH3 is 1. The second kappa shape index (κ2) is 6.34. The van der Waals surface area contributed by atoms with E-state index in [0.717, 1.165) is 32.1 Å². The van der Waals surface area contributed by atoms with E-state index in [2.05, 4.69) is 0 Å². The number of nitrogens with one attached hydrogen (secondary N) is 2. The number of ether oxygens (including phenoxy) is 1. The van der Waals surface area contributed by atoms with E-state index in [1.165, 1.54) is 12.0 Å². The van der Waals surface area contributed by atoms with Gasteiger partial charge in [-0.15, -0.1) is 0 Å². The summed E-state index contributed by atoms with van der Waals surface area (Å²) >= 11 is 0. The van der Waals surface area contributed by atoms with Gasteiger partial charge in [0, 0.05) is 26.0 Å². The molecule has 2 atom stereocenters. The molecule has 2 aliphatic rings. The van der Waals surface area contributed by atoms with Gasteiger partial charge < -0.3 is 9.64 Å². The molecule has 2 rings (SSSR count). The third kappa shape index (κ3) is 3.56. The summed E-state index contributed by atoms with van der Waals surface area (Å²) in [6.45, 7) is -0.365. The molecule has 2 N–H and O–H groups in total. The fourth-order valence-corrected chi connectivity index (χ4v) is 3.27. The van der Waals surface area contributed by atoms with Crippen LogP contribution in [0.5, 0.6) is 0 Å². The van der Waals surface area contributed by atoms with Gasteiger partial charge in [0.05, 0.1) is 12.0 Å². The fraction of sp³-hybridized carbons (Fsp3) is 0.857. The number of halogens is 3. The van der Waals surface area contributed by atoms with Gasteiger partial charge in [0.25, 0.3) is 0 Å². The van der Waals surface area contributed by atoms with E-state index in [9.17, 15) is 13.2 Å². The van der Waals surface area contributed by atoms with Crippen molar-refractivity contribution >= 4 is 11.7 Å². The van der Waals surface area contributed by atoms with Crippen LogP contribution in [0.2, 0.25) is 0 Å². The molecule has 1 aliphatic heterocycles. The number of hydrogen-bond donors (Lipinski definition) is 2. The Morgan fingerprint density at radius 2 is 1.86 bits per heavy atom. The smallest absolute Gasteiger partial charge is 0.380 e. The summed E-state index contributed by atoms with van der Waals surface area (Å²) in [6.07, 6.45) is -0.650. The second-order valence-electron chi connectivity index (χ2n) is 5.90. The summed E-state index contributed by atoms with van der Waals surface area (Å²) in [5.74, 6) is -1.39. The number of hydrogen-bond acceptors (Lipinski definition) is 3. The van der Waals surface area contributed by atoms with Crippen LogP contribution >= 0.6 is 0 Å². The Hall–Kier alpha value is -1.11. The van der Waals surface area contributed by atoms with E-state index >= 15 is 0 Å². The highest BCUT2D eigenvalue weighted by Crippen LogP contribution is 2.36. The van der Waals surface area contributed by atoms with E-state index in [1.807, 2.05) is 0 Å². The number of amidine groups is 2. The molecule has 2 unspecified atom stereocenters. The molecule has 2 fully saturated rings. The molecule has 1 aliphatic carbocycles. The summed E-state index contributed by atoms with van der Waals surface area (Å²) in [7, 11) is 1.25. The molecule has 7 heteroatoms. The number of nitrogens with zero attached hydrogens (tertiary/aromatic N) is 1. The van der Waals surface area contributed by atoms with Gasteiger partial charge in [-0.3, -0.25) is 10.8 Å². The molecule has 21 heavy (non-hydrogen) atoms. The Bertz CT molecular complexity index is 405. The van der Waals surface area contributed by atoms with Crippen LogP contribution in [0.25, 0.3) is 0 Å². The first-order valence-corrected chi connectivity index (χ1v) is 7.37. The molecule has 0 bridgehead atoms. The topological polar surface area (TPSA) is 60.2 Å².